The van der Waals surface area contributed by atoms with Crippen molar-refractivity contribution in [3.8, 4) is 0 Å². The Balaban J connectivity index is 0. The van der Waals surface area contributed by atoms with Gasteiger partial charge < -0.3 is 0 Å². The average molecular weight is 379 g/mol. The van der Waals surface area contributed by atoms with E-state index in [1.807, 2.05) is 4.39 Å². The summed E-state index contributed by atoms with van der Waals surface area (Å²) < 4.78 is 55.2. The second kappa shape index (κ2) is 9.73. The van der Waals surface area contributed by atoms with Crippen LogP contribution in [0.3, 0.4) is 0 Å². The molecule has 3 nitrogen and oxygen atoms in total. The smallest absolute Gasteiger partial charge is 0.190 e. The molecule has 0 unspecified atom stereocenters. The molecule has 0 aromatic heterocycles. The van der Waals surface area contributed by atoms with Crippen LogP contribution < -0.4 is 0 Å². The van der Waals surface area contributed by atoms with Crippen molar-refractivity contribution in [2.24, 2.45) is 0 Å². The molecule has 0 N–H and O–H groups in total. The summed E-state index contributed by atoms with van der Waals surface area (Å²) in [4.78, 5) is 0. The summed E-state index contributed by atoms with van der Waals surface area (Å²) in [6.45, 7) is 0.0158. The molecule has 0 bridgehead atoms. The van der Waals surface area contributed by atoms with E-state index in [2.05, 4.69) is 24.3 Å². The van der Waals surface area contributed by atoms with E-state index in [1.165, 1.54) is 25.7 Å². The van der Waals surface area contributed by atoms with Crippen molar-refractivity contribution in [1.82, 2.24) is 0 Å². The number of hydrogen-bond donors (Lipinski definition) is 0. The van der Waals surface area contributed by atoms with E-state index >= 15 is 0 Å². The maximum absolute atomic E-state index is 11.5. The third kappa shape index (κ3) is 8.86. The minimum Gasteiger partial charge on any atom is -0.190 e. The van der Waals surface area contributed by atoms with Crippen molar-refractivity contribution < 1.29 is 46.5 Å². The summed E-state index contributed by atoms with van der Waals surface area (Å²) in [5.74, 6) is 0. The van der Waals surface area contributed by atoms with Gasteiger partial charge in [-0.2, -0.15) is 17.2 Å². The van der Waals surface area contributed by atoms with Crippen LogP contribution in [0.15, 0.2) is 24.3 Å². The van der Waals surface area contributed by atoms with Crippen LogP contribution in [0.5, 0.6) is 0 Å². The van der Waals surface area contributed by atoms with Crippen LogP contribution in [0.1, 0.15) is 32.6 Å². The second-order valence-electron chi connectivity index (χ2n) is 3.42. The molecule has 0 spiro atoms. The Morgan fingerprint density at radius 3 is 1.39 bits per heavy atom. The molecule has 1 aliphatic carbocycles. The monoisotopic (exact) mass is 378 g/mol. The maximum atomic E-state index is 11.5. The average Bonchev–Trinajstić information content (AvgIpc) is 2.15. The zero-order chi connectivity index (χ0) is 13.4. The predicted octanol–water partition coefficient (Wildman–Crippen LogP) is 3.50. The van der Waals surface area contributed by atoms with E-state index in [9.17, 15) is 21.7 Å². The summed E-state index contributed by atoms with van der Waals surface area (Å²) in [6.07, 6.45) is 14.0. The standard InChI is InChI=1S/C8H12.C2H3F3O3S.Pd/c1-2-4-6-8-7-5-3-1;1-2(3,4)9(6,7)8-5;/h1-2,7-8H,3-6H2;1H3;. The van der Waals surface area contributed by atoms with Crippen LogP contribution in [0.4, 0.5) is 13.3 Å². The maximum Gasteiger partial charge on any atom is 0.370 e. The first-order chi connectivity index (χ1) is 7.81. The van der Waals surface area contributed by atoms with Gasteiger partial charge in [0.25, 0.3) is 0 Å². The molecule has 0 aromatic rings. The van der Waals surface area contributed by atoms with Gasteiger partial charge in [0.1, 0.15) is 0 Å². The number of allylic oxidation sites excluding steroid dienone is 4. The molecule has 0 saturated carbocycles. The van der Waals surface area contributed by atoms with Gasteiger partial charge in [-0.25, -0.2) is 0 Å². The molecule has 0 radical (unpaired) electrons. The molecule has 1 rings (SSSR count). The van der Waals surface area contributed by atoms with Crippen molar-refractivity contribution in [2.45, 2.75) is 37.9 Å². The van der Waals surface area contributed by atoms with Crippen molar-refractivity contribution >= 4 is 10.1 Å². The van der Waals surface area contributed by atoms with Crippen LogP contribution in [0.2, 0.25) is 0 Å². The molecular weight excluding hydrogens is 364 g/mol. The molecule has 18 heavy (non-hydrogen) atoms. The number of halogens is 3. The molecule has 0 amide bonds. The Labute approximate surface area is 119 Å². The first-order valence-corrected chi connectivity index (χ1v) is 6.44. The molecular formula is C10H15F3O3PdS. The molecule has 0 saturated heterocycles. The first kappa shape index (κ1) is 20.2. The van der Waals surface area contributed by atoms with E-state index in [1.54, 1.807) is 0 Å². The summed E-state index contributed by atoms with van der Waals surface area (Å²) in [6, 6.07) is 0. The van der Waals surface area contributed by atoms with Crippen molar-refractivity contribution in [3.63, 3.8) is 0 Å². The molecule has 0 aromatic carbocycles. The third-order valence-corrected chi connectivity index (χ3v) is 2.90. The van der Waals surface area contributed by atoms with Gasteiger partial charge in [0.05, 0.1) is 0 Å². The van der Waals surface area contributed by atoms with Crippen LogP contribution in [-0.2, 0) is 34.9 Å². The van der Waals surface area contributed by atoms with E-state index < -0.39 is 15.4 Å². The van der Waals surface area contributed by atoms with Gasteiger partial charge in [-0.1, -0.05) is 28.7 Å². The predicted molar refractivity (Wildman–Crippen MR) is 58.5 cm³/mol. The van der Waals surface area contributed by atoms with Gasteiger partial charge in [-0.05, 0) is 30.2 Å². The quantitative estimate of drug-likeness (QED) is 0.545. The van der Waals surface area contributed by atoms with Crippen LogP contribution in [0, 0.1) is 0 Å². The Morgan fingerprint density at radius 1 is 1.00 bits per heavy atom. The molecule has 0 heterocycles. The Morgan fingerprint density at radius 2 is 1.28 bits per heavy atom. The topological polar surface area (TPSA) is 43.4 Å². The SMILES string of the molecule is C1=CCCC=CCC1.CC(F)(F)S(=O)(=O)OF.[Pd]. The van der Waals surface area contributed by atoms with E-state index in [0.717, 1.165) is 0 Å². The Bertz CT molecular complexity index is 335. The van der Waals surface area contributed by atoms with Crippen LogP contribution in [-0.4, -0.2) is 13.7 Å². The normalized spacial score (nSPS) is 15.8. The summed E-state index contributed by atoms with van der Waals surface area (Å²) in [7, 11) is -5.34. The van der Waals surface area contributed by atoms with Gasteiger partial charge in [-0.15, -0.1) is 0 Å². The fourth-order valence-electron chi connectivity index (χ4n) is 0.912. The molecule has 8 heteroatoms. The van der Waals surface area contributed by atoms with Gasteiger partial charge in [0.15, 0.2) is 0 Å². The number of rotatable bonds is 2. The largest absolute Gasteiger partial charge is 0.370 e. The fourth-order valence-corrected chi connectivity index (χ4v) is 1.02. The number of alkyl halides is 2. The van der Waals surface area contributed by atoms with Gasteiger partial charge in [0.2, 0.25) is 0 Å². The summed E-state index contributed by atoms with van der Waals surface area (Å²) in [5.41, 5.74) is 0. The first-order valence-electron chi connectivity index (χ1n) is 5.04. The molecule has 1 aliphatic rings. The van der Waals surface area contributed by atoms with Crippen molar-refractivity contribution in [1.29, 1.82) is 0 Å². The van der Waals surface area contributed by atoms with Gasteiger partial charge >= 0.3 is 15.4 Å². The van der Waals surface area contributed by atoms with Crippen LogP contribution >= 0.6 is 0 Å². The van der Waals surface area contributed by atoms with Crippen molar-refractivity contribution in [2.75, 3.05) is 0 Å². The zero-order valence-corrected chi connectivity index (χ0v) is 12.1. The second-order valence-corrected chi connectivity index (χ2v) is 5.17. The van der Waals surface area contributed by atoms with Gasteiger partial charge in [0, 0.05) is 27.3 Å². The third-order valence-electron chi connectivity index (χ3n) is 1.86. The fraction of sp³-hybridized carbons (Fsp3) is 0.600. The van der Waals surface area contributed by atoms with E-state index in [4.69, 9.17) is 0 Å². The minimum atomic E-state index is -5.34. The van der Waals surface area contributed by atoms with E-state index in [-0.39, 0.29) is 27.3 Å². The summed E-state index contributed by atoms with van der Waals surface area (Å²) >= 11 is 0. The molecule has 0 aliphatic heterocycles. The molecule has 0 fully saturated rings. The van der Waals surface area contributed by atoms with Crippen molar-refractivity contribution in [3.05, 3.63) is 24.3 Å². The molecule has 0 atom stereocenters. The minimum absolute atomic E-state index is 0. The Kier molecular flexibility index (Phi) is 10.9. The summed E-state index contributed by atoms with van der Waals surface area (Å²) in [5, 5.41) is -4.18. The molecule has 110 valence electrons. The Hall–Kier alpha value is -0.158. The van der Waals surface area contributed by atoms with Crippen LogP contribution in [0.25, 0.3) is 0 Å². The van der Waals surface area contributed by atoms with Gasteiger partial charge in [-0.3, -0.25) is 0 Å². The zero-order valence-electron chi connectivity index (χ0n) is 9.72. The van der Waals surface area contributed by atoms with E-state index in [0.29, 0.717) is 0 Å². The number of hydrogen-bond acceptors (Lipinski definition) is 3.